The molecule has 0 spiro atoms. The number of carbonyl (C=O) groups excluding carboxylic acids is 3. The Labute approximate surface area is 250 Å². The van der Waals surface area contributed by atoms with E-state index in [9.17, 15) is 27.6 Å². The number of methoxy groups -OCH3 is 1. The molecule has 11 nitrogen and oxygen atoms in total. The van der Waals surface area contributed by atoms with Gasteiger partial charge in [-0.1, -0.05) is 23.7 Å². The van der Waals surface area contributed by atoms with Crippen molar-refractivity contribution in [2.45, 2.75) is 45.0 Å². The van der Waals surface area contributed by atoms with Gasteiger partial charge in [0.15, 0.2) is 18.3 Å². The number of aromatic nitrogens is 3. The van der Waals surface area contributed by atoms with Gasteiger partial charge in [0.25, 0.3) is 5.91 Å². The molecule has 4 rings (SSSR count). The zero-order valence-electron chi connectivity index (χ0n) is 24.0. The molecule has 0 unspecified atom stereocenters. The van der Waals surface area contributed by atoms with E-state index in [1.807, 2.05) is 6.92 Å². The molecule has 1 N–H and O–H groups in total. The van der Waals surface area contributed by atoms with Gasteiger partial charge in [-0.15, -0.1) is 0 Å². The van der Waals surface area contributed by atoms with E-state index in [2.05, 4.69) is 15.4 Å². The first-order valence-electron chi connectivity index (χ1n) is 13.5. The van der Waals surface area contributed by atoms with Crippen molar-refractivity contribution in [1.82, 2.24) is 24.4 Å². The molecular weight excluding hydrogens is 593 g/mol. The Balaban J connectivity index is 1.48. The Bertz CT molecular complexity index is 1470. The second-order valence-electron chi connectivity index (χ2n) is 10.3. The second-order valence-corrected chi connectivity index (χ2v) is 10.6. The number of ether oxygens (including phenoxy) is 2. The number of anilines is 2. The Morgan fingerprint density at radius 3 is 2.42 bits per heavy atom. The molecule has 15 heteroatoms. The van der Waals surface area contributed by atoms with Crippen molar-refractivity contribution in [3.63, 3.8) is 0 Å². The molecule has 1 saturated heterocycles. The summed E-state index contributed by atoms with van der Waals surface area (Å²) in [6.07, 6.45) is -1.65. The van der Waals surface area contributed by atoms with Crippen LogP contribution in [0.5, 0.6) is 0 Å². The molecule has 1 aliphatic heterocycles. The summed E-state index contributed by atoms with van der Waals surface area (Å²) < 4.78 is 54.7. The van der Waals surface area contributed by atoms with Crippen molar-refractivity contribution < 1.29 is 37.0 Å². The van der Waals surface area contributed by atoms with E-state index in [0.29, 0.717) is 22.6 Å². The molecule has 1 aliphatic rings. The third kappa shape index (κ3) is 7.36. The first-order chi connectivity index (χ1) is 20.3. The molecule has 2 amide bonds. The molecule has 43 heavy (non-hydrogen) atoms. The van der Waals surface area contributed by atoms with Crippen LogP contribution in [0.1, 0.15) is 50.0 Å². The summed E-state index contributed by atoms with van der Waals surface area (Å²) in [7, 11) is 2.67. The van der Waals surface area contributed by atoms with Crippen LogP contribution in [0.25, 0.3) is 5.65 Å². The van der Waals surface area contributed by atoms with E-state index in [-0.39, 0.29) is 36.6 Å². The van der Waals surface area contributed by atoms with Crippen LogP contribution in [0.4, 0.5) is 24.5 Å². The molecule has 0 saturated carbocycles. The Hall–Kier alpha value is -3.91. The van der Waals surface area contributed by atoms with Crippen LogP contribution in [-0.4, -0.2) is 82.2 Å². The fraction of sp³-hybridized carbons (Fsp3) is 0.464. The minimum atomic E-state index is -4.74. The van der Waals surface area contributed by atoms with Crippen LogP contribution in [0.3, 0.4) is 0 Å². The van der Waals surface area contributed by atoms with Crippen molar-refractivity contribution in [1.29, 1.82) is 0 Å². The lowest BCUT2D eigenvalue weighted by Crippen LogP contribution is -2.47. The van der Waals surface area contributed by atoms with E-state index < -0.39 is 48.6 Å². The number of nitrogens with zero attached hydrogens (tertiary/aromatic N) is 5. The number of hydrogen-bond donors (Lipinski definition) is 1. The van der Waals surface area contributed by atoms with Crippen molar-refractivity contribution in [2.24, 2.45) is 5.92 Å². The van der Waals surface area contributed by atoms with Crippen molar-refractivity contribution in [3.8, 4) is 0 Å². The van der Waals surface area contributed by atoms with Gasteiger partial charge in [-0.2, -0.15) is 18.3 Å². The number of alkyl halides is 3. The number of piperidine rings is 1. The fourth-order valence-electron chi connectivity index (χ4n) is 5.13. The predicted octanol–water partition coefficient (Wildman–Crippen LogP) is 4.70. The van der Waals surface area contributed by atoms with Crippen LogP contribution in [0.2, 0.25) is 5.15 Å². The van der Waals surface area contributed by atoms with Gasteiger partial charge in [0.05, 0.1) is 29.7 Å². The highest BCUT2D eigenvalue weighted by atomic mass is 35.5. The monoisotopic (exact) mass is 624 g/mol. The average molecular weight is 625 g/mol. The van der Waals surface area contributed by atoms with Gasteiger partial charge in [-0.25, -0.2) is 9.50 Å². The maximum Gasteiger partial charge on any atom is 0.413 e. The van der Waals surface area contributed by atoms with Crippen molar-refractivity contribution in [3.05, 3.63) is 52.9 Å². The van der Waals surface area contributed by atoms with Gasteiger partial charge in [0.2, 0.25) is 5.91 Å². The minimum absolute atomic E-state index is 0.109. The summed E-state index contributed by atoms with van der Waals surface area (Å²) in [5.74, 6) is -2.35. The van der Waals surface area contributed by atoms with Crippen LogP contribution in [0, 0.1) is 5.92 Å². The molecule has 232 valence electrons. The zero-order chi connectivity index (χ0) is 31.5. The number of fused-ring (bicyclic) bond motifs is 1. The van der Waals surface area contributed by atoms with Crippen molar-refractivity contribution >= 4 is 46.4 Å². The molecule has 3 heterocycles. The third-order valence-corrected chi connectivity index (χ3v) is 7.59. The topological polar surface area (TPSA) is 118 Å². The summed E-state index contributed by atoms with van der Waals surface area (Å²) in [6, 6.07) is 3.44. The highest BCUT2D eigenvalue weighted by molar-refractivity contribution is 6.29. The zero-order valence-corrected chi connectivity index (χ0v) is 24.8. The minimum Gasteiger partial charge on any atom is -0.456 e. The number of likely N-dealkylation sites (tertiary alicyclic amines) is 1. The van der Waals surface area contributed by atoms with Crippen LogP contribution in [0.15, 0.2) is 36.7 Å². The smallest absolute Gasteiger partial charge is 0.413 e. The van der Waals surface area contributed by atoms with Gasteiger partial charge in [-0.05, 0) is 37.5 Å². The molecule has 3 aromatic rings. The predicted molar refractivity (Wildman–Crippen MR) is 151 cm³/mol. The number of amides is 2. The first-order valence-corrected chi connectivity index (χ1v) is 13.9. The van der Waals surface area contributed by atoms with Crippen molar-refractivity contribution in [2.75, 3.05) is 39.2 Å². The number of rotatable bonds is 9. The summed E-state index contributed by atoms with van der Waals surface area (Å²) in [4.78, 5) is 42.8. The lowest BCUT2D eigenvalue weighted by molar-refractivity contribution is -0.191. The van der Waals surface area contributed by atoms with E-state index in [1.165, 1.54) is 47.7 Å². The number of halogens is 4. The Kier molecular flexibility index (Phi) is 9.80. The van der Waals surface area contributed by atoms with Gasteiger partial charge in [0.1, 0.15) is 5.15 Å². The molecule has 0 aliphatic carbocycles. The molecule has 2 aromatic heterocycles. The number of benzene rings is 1. The summed E-state index contributed by atoms with van der Waals surface area (Å²) in [6.45, 7) is 2.94. The van der Waals surface area contributed by atoms with Gasteiger partial charge in [0, 0.05) is 45.8 Å². The normalized spacial score (nSPS) is 15.7. The lowest BCUT2D eigenvalue weighted by atomic mass is 9.93. The number of esters is 1. The largest absolute Gasteiger partial charge is 0.456 e. The number of nitrogens with one attached hydrogen (secondary N) is 1. The summed E-state index contributed by atoms with van der Waals surface area (Å²) >= 11 is 6.05. The maximum absolute atomic E-state index is 14.3. The third-order valence-electron chi connectivity index (χ3n) is 7.41. The van der Waals surface area contributed by atoms with Crippen LogP contribution >= 0.6 is 11.6 Å². The maximum atomic E-state index is 14.3. The molecule has 0 bridgehead atoms. The highest BCUT2D eigenvalue weighted by Gasteiger charge is 2.46. The second kappa shape index (κ2) is 13.2. The molecule has 1 aromatic carbocycles. The lowest BCUT2D eigenvalue weighted by Gasteiger charge is -2.36. The van der Waals surface area contributed by atoms with E-state index in [0.717, 1.165) is 11.9 Å². The summed E-state index contributed by atoms with van der Waals surface area (Å²) in [5.41, 5.74) is 2.04. The number of carbonyl (C=O) groups is 3. The summed E-state index contributed by atoms with van der Waals surface area (Å²) in [5, 5.41) is 7.70. The van der Waals surface area contributed by atoms with E-state index in [1.54, 1.807) is 12.4 Å². The first kappa shape index (κ1) is 32.0. The molecule has 1 fully saturated rings. The quantitative estimate of drug-likeness (QED) is 0.341. The van der Waals surface area contributed by atoms with Gasteiger partial charge in [-0.3, -0.25) is 14.4 Å². The van der Waals surface area contributed by atoms with E-state index in [4.69, 9.17) is 21.1 Å². The van der Waals surface area contributed by atoms with Gasteiger partial charge >= 0.3 is 12.1 Å². The Morgan fingerprint density at radius 1 is 1.19 bits per heavy atom. The van der Waals surface area contributed by atoms with Gasteiger partial charge < -0.3 is 24.6 Å². The molecule has 2 atom stereocenters. The average Bonchev–Trinajstić information content (AvgIpc) is 3.35. The molecule has 0 radical (unpaired) electrons. The van der Waals surface area contributed by atoms with Crippen LogP contribution < -0.4 is 5.32 Å². The van der Waals surface area contributed by atoms with E-state index >= 15 is 0 Å². The Morgan fingerprint density at radius 2 is 1.84 bits per heavy atom. The highest BCUT2D eigenvalue weighted by Crippen LogP contribution is 2.39. The SMILES string of the molecule is CO[C@@H](C)c1c(Nc2ccc([C@H](N(C)C(=O)C3CCN(C(=O)COC(C)=O)CC3)C(F)(F)F)cc2)cnn2cc(Cl)nc12. The fourth-order valence-corrected chi connectivity index (χ4v) is 5.30. The number of imidazole rings is 1. The molecular formula is C28H32ClF3N6O5. The number of hydrogen-bond acceptors (Lipinski definition) is 8. The van der Waals surface area contributed by atoms with Crippen LogP contribution in [-0.2, 0) is 23.9 Å². The standard InChI is InChI=1S/C28H32ClF3N6O5/c1-16(42-4)24-21(13-33-38-14-22(29)35-26(24)38)34-20-7-5-18(6-8-20)25(28(30,31)32)36(3)27(41)19-9-11-37(12-10-19)23(40)15-43-17(2)39/h5-8,13-14,16,19,25,34H,9-12,15H2,1-4H3/t16-,25-/m0/s1.